The van der Waals surface area contributed by atoms with E-state index in [0.29, 0.717) is 29.3 Å². The number of hydrogen-bond donors (Lipinski definition) is 4. The lowest BCUT2D eigenvalue weighted by atomic mass is 9.96. The van der Waals surface area contributed by atoms with Crippen molar-refractivity contribution in [3.8, 4) is 0 Å². The molecule has 0 fully saturated rings. The summed E-state index contributed by atoms with van der Waals surface area (Å²) in [6, 6.07) is 0. The number of fused-ring (bicyclic) bond motifs is 1. The molecule has 0 bridgehead atoms. The van der Waals surface area contributed by atoms with Crippen LogP contribution >= 0.6 is 22.9 Å². The van der Waals surface area contributed by atoms with Crippen LogP contribution in [0, 0.1) is 12.8 Å². The molecule has 37 heavy (non-hydrogen) atoms. The summed E-state index contributed by atoms with van der Waals surface area (Å²) in [4.78, 5) is 13.5. The molecule has 0 spiro atoms. The van der Waals surface area contributed by atoms with Crippen molar-refractivity contribution in [3.63, 3.8) is 0 Å². The number of allylic oxidation sites excluding steroid dienone is 5. The van der Waals surface area contributed by atoms with Gasteiger partial charge in [0.15, 0.2) is 6.29 Å². The van der Waals surface area contributed by atoms with Crippen molar-refractivity contribution in [1.82, 2.24) is 10.0 Å². The van der Waals surface area contributed by atoms with Crippen molar-refractivity contribution >= 4 is 43.9 Å². The Bertz CT molecular complexity index is 1320. The van der Waals surface area contributed by atoms with Crippen molar-refractivity contribution in [2.75, 3.05) is 6.54 Å². The predicted octanol–water partition coefficient (Wildman–Crippen LogP) is 3.76. The van der Waals surface area contributed by atoms with Gasteiger partial charge in [0.05, 0.1) is 11.6 Å². The summed E-state index contributed by atoms with van der Waals surface area (Å²) < 4.78 is 36.3. The fourth-order valence-electron chi connectivity index (χ4n) is 4.66. The van der Waals surface area contributed by atoms with Gasteiger partial charge in [0.25, 0.3) is 10.0 Å². The number of nitrogens with one attached hydrogen (secondary N) is 2. The molecule has 1 aromatic rings. The van der Waals surface area contributed by atoms with Crippen LogP contribution in [0.3, 0.4) is 0 Å². The fraction of sp³-hybridized carbons (Fsp3) is 0.423. The Kier molecular flexibility index (Phi) is 8.65. The molecule has 0 saturated heterocycles. The summed E-state index contributed by atoms with van der Waals surface area (Å²) in [5.41, 5.74) is 2.48. The van der Waals surface area contributed by atoms with Crippen molar-refractivity contribution in [3.05, 3.63) is 69.5 Å². The zero-order valence-electron chi connectivity index (χ0n) is 20.7. The monoisotopic (exact) mass is 566 g/mol. The Labute approximate surface area is 226 Å². The summed E-state index contributed by atoms with van der Waals surface area (Å²) in [6.45, 7) is 4.04. The largest absolute Gasteiger partial charge is 0.484 e. The minimum Gasteiger partial charge on any atom is -0.484 e. The lowest BCUT2D eigenvalue weighted by Gasteiger charge is -2.27. The highest BCUT2D eigenvalue weighted by atomic mass is 35.5. The molecular formula is C26H31ClN2O6S2. The van der Waals surface area contributed by atoms with Gasteiger partial charge in [0, 0.05) is 41.3 Å². The topological polar surface area (TPSA) is 125 Å². The summed E-state index contributed by atoms with van der Waals surface area (Å²) in [5, 5.41) is 22.0. The van der Waals surface area contributed by atoms with E-state index in [1.54, 1.807) is 31.2 Å². The molecule has 0 saturated carbocycles. The van der Waals surface area contributed by atoms with Gasteiger partial charge in [0.2, 0.25) is 5.91 Å². The molecule has 2 unspecified atom stereocenters. The first-order valence-corrected chi connectivity index (χ1v) is 14.9. The summed E-state index contributed by atoms with van der Waals surface area (Å²) >= 11 is 7.61. The highest BCUT2D eigenvalue weighted by Gasteiger charge is 2.31. The van der Waals surface area contributed by atoms with Gasteiger partial charge in [0.1, 0.15) is 16.1 Å². The minimum atomic E-state index is -3.99. The van der Waals surface area contributed by atoms with Crippen LogP contribution in [-0.2, 0) is 26.0 Å². The Morgan fingerprint density at radius 3 is 2.78 bits per heavy atom. The third-order valence-corrected chi connectivity index (χ3v) is 10.1. The third-order valence-electron chi connectivity index (χ3n) is 6.34. The minimum absolute atomic E-state index is 0.0944. The number of aliphatic hydroxyl groups is 2. The quantitative estimate of drug-likeness (QED) is 0.337. The fourth-order valence-corrected chi connectivity index (χ4v) is 8.11. The van der Waals surface area contributed by atoms with Gasteiger partial charge in [-0.3, -0.25) is 9.52 Å². The van der Waals surface area contributed by atoms with Crippen LogP contribution in [0.4, 0.5) is 0 Å². The maximum Gasteiger partial charge on any atom is 0.271 e. The van der Waals surface area contributed by atoms with Crippen molar-refractivity contribution in [1.29, 1.82) is 0 Å². The van der Waals surface area contributed by atoms with Gasteiger partial charge in [-0.15, -0.1) is 11.3 Å². The number of amides is 1. The number of halogens is 1. The molecule has 0 radical (unpaired) electrons. The number of thiophene rings is 1. The molecule has 4 rings (SSSR count). The molecule has 11 heteroatoms. The van der Waals surface area contributed by atoms with E-state index >= 15 is 0 Å². The van der Waals surface area contributed by atoms with Gasteiger partial charge in [-0.2, -0.15) is 0 Å². The highest BCUT2D eigenvalue weighted by molar-refractivity contribution is 7.91. The lowest BCUT2D eigenvalue weighted by Crippen LogP contribution is -2.34. The summed E-state index contributed by atoms with van der Waals surface area (Å²) in [6.07, 6.45) is 10.9. The predicted molar refractivity (Wildman–Crippen MR) is 144 cm³/mol. The van der Waals surface area contributed by atoms with Gasteiger partial charge in [-0.05, 0) is 44.4 Å². The Morgan fingerprint density at radius 2 is 2.08 bits per heavy atom. The first-order valence-electron chi connectivity index (χ1n) is 12.2. The molecule has 8 nitrogen and oxygen atoms in total. The van der Waals surface area contributed by atoms with E-state index in [0.717, 1.165) is 28.9 Å². The number of aryl methyl sites for hydroxylation is 1. The van der Waals surface area contributed by atoms with Crippen molar-refractivity contribution in [2.24, 2.45) is 5.92 Å². The van der Waals surface area contributed by atoms with E-state index < -0.39 is 28.3 Å². The van der Waals surface area contributed by atoms with E-state index in [9.17, 15) is 23.4 Å². The van der Waals surface area contributed by atoms with Crippen LogP contribution in [-0.4, -0.2) is 43.5 Å². The van der Waals surface area contributed by atoms with Crippen molar-refractivity contribution < 1.29 is 28.2 Å². The Balaban J connectivity index is 1.62. The zero-order chi connectivity index (χ0) is 26.7. The molecule has 4 N–H and O–H groups in total. The van der Waals surface area contributed by atoms with Crippen LogP contribution in [0.5, 0.6) is 0 Å². The second kappa shape index (κ2) is 11.6. The molecule has 2 atom stereocenters. The van der Waals surface area contributed by atoms with Crippen LogP contribution in [0.2, 0.25) is 0 Å². The number of hydrogen-bond acceptors (Lipinski definition) is 7. The molecule has 3 aliphatic carbocycles. The van der Waals surface area contributed by atoms with E-state index in [1.165, 1.54) is 11.3 Å². The molecule has 0 aromatic carbocycles. The maximum atomic E-state index is 13.6. The van der Waals surface area contributed by atoms with Crippen molar-refractivity contribution in [2.45, 2.75) is 62.6 Å². The number of carbonyl (C=O) groups excluding carboxylic acids is 1. The van der Waals surface area contributed by atoms with E-state index in [1.807, 2.05) is 19.1 Å². The molecule has 1 aromatic heterocycles. The first kappa shape index (κ1) is 27.7. The van der Waals surface area contributed by atoms with E-state index in [2.05, 4.69) is 10.0 Å². The molecular weight excluding hydrogens is 536 g/mol. The van der Waals surface area contributed by atoms with Gasteiger partial charge in [-0.1, -0.05) is 41.5 Å². The van der Waals surface area contributed by atoms with Crippen LogP contribution in [0.25, 0.3) is 5.03 Å². The number of carbonyl (C=O) groups is 1. The molecule has 1 heterocycles. The summed E-state index contributed by atoms with van der Waals surface area (Å²) in [5.74, 6) is -0.433. The number of aliphatic hydroxyl groups excluding tert-OH is 1. The number of rotatable bonds is 9. The normalized spacial score (nSPS) is 21.5. The smallest absolute Gasteiger partial charge is 0.271 e. The molecule has 1 amide bonds. The van der Waals surface area contributed by atoms with Crippen LogP contribution < -0.4 is 10.0 Å². The number of sulfonamides is 1. The molecule has 0 aliphatic heterocycles. The van der Waals surface area contributed by atoms with Crippen LogP contribution in [0.15, 0.2) is 57.7 Å². The average molecular weight is 567 g/mol. The standard InChI is InChI=1S/C26H31ClN2O6S2/c1-3-28-25(32)17-10-11-21(35-18-7-4-6-16(12-18)13-23(30)31)20(14-17)29-37(33,34)26-15(2)24-19(27)8-5-9-22(24)36-26/h4,6-8,10-11,17-18,23,29-31H,3,5,9,12-14H2,1-2H3,(H,28,32). The zero-order valence-corrected chi connectivity index (χ0v) is 23.0. The first-order chi connectivity index (χ1) is 17.6. The Hall–Kier alpha value is -2.37. The average Bonchev–Trinajstić information content (AvgIpc) is 3.18. The molecule has 200 valence electrons. The highest BCUT2D eigenvalue weighted by Crippen LogP contribution is 2.41. The SMILES string of the molecule is CCNC(=O)C1C=CC(OC2C=CC=C(CC(O)O)C2)=C(NS(=O)(=O)c2sc3c(c2C)C(Cl)=CCC3)C1. The Morgan fingerprint density at radius 1 is 1.30 bits per heavy atom. The van der Waals surface area contributed by atoms with Gasteiger partial charge in [-0.25, -0.2) is 8.42 Å². The van der Waals surface area contributed by atoms with E-state index in [-0.39, 0.29) is 28.7 Å². The maximum absolute atomic E-state index is 13.6. The number of ether oxygens (including phenoxy) is 1. The second-order valence-corrected chi connectivity index (χ2v) is 12.6. The van der Waals surface area contributed by atoms with Crippen LogP contribution in [0.1, 0.15) is 48.6 Å². The molecule has 3 aliphatic rings. The third kappa shape index (κ3) is 6.38. The summed E-state index contributed by atoms with van der Waals surface area (Å²) in [7, 11) is -3.99. The van der Waals surface area contributed by atoms with E-state index in [4.69, 9.17) is 16.3 Å². The lowest BCUT2D eigenvalue weighted by molar-refractivity contribution is -0.123. The van der Waals surface area contributed by atoms with Gasteiger partial charge < -0.3 is 20.3 Å². The second-order valence-electron chi connectivity index (χ2n) is 9.17. The van der Waals surface area contributed by atoms with Gasteiger partial charge >= 0.3 is 0 Å².